The van der Waals surface area contributed by atoms with Crippen molar-refractivity contribution in [2.45, 2.75) is 23.6 Å². The zero-order chi connectivity index (χ0) is 13.3. The number of thiazole rings is 1. The monoisotopic (exact) mass is 296 g/mol. The molecule has 0 atom stereocenters. The lowest BCUT2D eigenvalue weighted by atomic mass is 10.0. The minimum Gasteiger partial charge on any atom is -0.396 e. The van der Waals surface area contributed by atoms with E-state index >= 15 is 0 Å². The molecular weight excluding hydrogens is 280 g/mol. The van der Waals surface area contributed by atoms with Crippen molar-refractivity contribution < 1.29 is 5.11 Å². The van der Waals surface area contributed by atoms with E-state index < -0.39 is 0 Å². The molecule has 0 radical (unpaired) electrons. The summed E-state index contributed by atoms with van der Waals surface area (Å²) in [6.07, 6.45) is 6.81. The summed E-state index contributed by atoms with van der Waals surface area (Å²) in [5.74, 6) is 0.868. The number of nitrogens with one attached hydrogen (secondary N) is 1. The third-order valence-electron chi connectivity index (χ3n) is 3.58. The number of aromatic nitrogens is 3. The molecule has 2 heterocycles. The van der Waals surface area contributed by atoms with Crippen LogP contribution in [0.15, 0.2) is 10.7 Å². The van der Waals surface area contributed by atoms with E-state index in [9.17, 15) is 0 Å². The van der Waals surface area contributed by atoms with Gasteiger partial charge in [-0.3, -0.25) is 0 Å². The summed E-state index contributed by atoms with van der Waals surface area (Å²) in [5, 5.41) is 12.5. The van der Waals surface area contributed by atoms with Crippen LogP contribution in [0.5, 0.6) is 0 Å². The highest BCUT2D eigenvalue weighted by Crippen LogP contribution is 2.48. The molecule has 2 N–H and O–H groups in total. The van der Waals surface area contributed by atoms with Gasteiger partial charge in [-0.05, 0) is 30.9 Å². The van der Waals surface area contributed by atoms with Crippen LogP contribution in [0.4, 0.5) is 5.82 Å². The number of rotatable bonds is 6. The van der Waals surface area contributed by atoms with E-state index in [1.165, 1.54) is 12.8 Å². The van der Waals surface area contributed by atoms with Crippen molar-refractivity contribution in [3.63, 3.8) is 0 Å². The highest BCUT2D eigenvalue weighted by Gasteiger charge is 2.41. The first kappa shape index (κ1) is 13.1. The average molecular weight is 296 g/mol. The van der Waals surface area contributed by atoms with Crippen molar-refractivity contribution in [2.75, 3.05) is 24.7 Å². The van der Waals surface area contributed by atoms with Crippen molar-refractivity contribution in [1.82, 2.24) is 15.0 Å². The number of thioether (sulfide) groups is 1. The maximum Gasteiger partial charge on any atom is 0.176 e. The Hall–Kier alpha value is -0.920. The molecule has 1 aliphatic carbocycles. The summed E-state index contributed by atoms with van der Waals surface area (Å²) in [7, 11) is 0. The van der Waals surface area contributed by atoms with Gasteiger partial charge >= 0.3 is 0 Å². The van der Waals surface area contributed by atoms with Gasteiger partial charge in [0.05, 0.1) is 0 Å². The number of hydrogen-bond donors (Lipinski definition) is 2. The Labute approximate surface area is 119 Å². The molecule has 0 saturated heterocycles. The summed E-state index contributed by atoms with van der Waals surface area (Å²) in [4.78, 5) is 13.0. The van der Waals surface area contributed by atoms with E-state index in [1.807, 2.05) is 6.26 Å². The third-order valence-corrected chi connectivity index (χ3v) is 5.61. The maximum atomic E-state index is 9.08. The molecule has 102 valence electrons. The van der Waals surface area contributed by atoms with Crippen molar-refractivity contribution >= 4 is 39.3 Å². The van der Waals surface area contributed by atoms with E-state index in [-0.39, 0.29) is 12.0 Å². The van der Waals surface area contributed by atoms with Crippen LogP contribution in [0.25, 0.3) is 10.3 Å². The number of aliphatic hydroxyl groups excluding tert-OH is 1. The smallest absolute Gasteiger partial charge is 0.176 e. The zero-order valence-electron chi connectivity index (χ0n) is 10.7. The standard InChI is InChI=1S/C12H16N4OS2/c1-18-11-16-10-8(19-11)9(14-7-15-10)13-6-12(2-3-12)4-5-17/h7,17H,2-6H2,1H3,(H,13,14,15). The van der Waals surface area contributed by atoms with Gasteiger partial charge in [0.2, 0.25) is 0 Å². The molecule has 0 spiro atoms. The van der Waals surface area contributed by atoms with Gasteiger partial charge in [0, 0.05) is 13.2 Å². The number of anilines is 1. The number of fused-ring (bicyclic) bond motifs is 1. The Bertz CT molecular complexity index is 582. The molecule has 7 heteroatoms. The van der Waals surface area contributed by atoms with Crippen LogP contribution < -0.4 is 5.32 Å². The van der Waals surface area contributed by atoms with E-state index in [0.717, 1.165) is 33.5 Å². The van der Waals surface area contributed by atoms with Crippen molar-refractivity contribution in [3.05, 3.63) is 6.33 Å². The maximum absolute atomic E-state index is 9.08. The molecule has 0 unspecified atom stereocenters. The van der Waals surface area contributed by atoms with Crippen LogP contribution in [-0.2, 0) is 0 Å². The Balaban J connectivity index is 1.79. The lowest BCUT2D eigenvalue weighted by Gasteiger charge is -2.14. The fourth-order valence-electron chi connectivity index (χ4n) is 2.15. The fourth-order valence-corrected chi connectivity index (χ4v) is 3.63. The SMILES string of the molecule is CSc1nc2ncnc(NCC3(CCO)CC3)c2s1. The molecule has 1 fully saturated rings. The Kier molecular flexibility index (Phi) is 3.60. The molecule has 0 aliphatic heterocycles. The summed E-state index contributed by atoms with van der Waals surface area (Å²) < 4.78 is 2.03. The second-order valence-electron chi connectivity index (χ2n) is 4.89. The second kappa shape index (κ2) is 5.22. The van der Waals surface area contributed by atoms with E-state index in [4.69, 9.17) is 5.11 Å². The van der Waals surface area contributed by atoms with E-state index in [2.05, 4.69) is 20.3 Å². The molecule has 0 aromatic carbocycles. The van der Waals surface area contributed by atoms with Crippen LogP contribution in [0.1, 0.15) is 19.3 Å². The Morgan fingerprint density at radius 2 is 2.32 bits per heavy atom. The number of nitrogens with zero attached hydrogens (tertiary/aromatic N) is 3. The van der Waals surface area contributed by atoms with Crippen molar-refractivity contribution in [2.24, 2.45) is 5.41 Å². The molecule has 0 bridgehead atoms. The third kappa shape index (κ3) is 2.68. The lowest BCUT2D eigenvalue weighted by Crippen LogP contribution is -2.17. The first-order chi connectivity index (χ1) is 9.26. The Morgan fingerprint density at radius 1 is 1.47 bits per heavy atom. The van der Waals surface area contributed by atoms with Crippen LogP contribution in [0, 0.1) is 5.41 Å². The predicted molar refractivity (Wildman–Crippen MR) is 78.9 cm³/mol. The summed E-state index contributed by atoms with van der Waals surface area (Å²) in [6.45, 7) is 1.13. The first-order valence-corrected chi connectivity index (χ1v) is 8.31. The molecule has 1 aliphatic rings. The van der Waals surface area contributed by atoms with Crippen LogP contribution in [0.3, 0.4) is 0 Å². The fraction of sp³-hybridized carbons (Fsp3) is 0.583. The van der Waals surface area contributed by atoms with Crippen LogP contribution >= 0.6 is 23.1 Å². The largest absolute Gasteiger partial charge is 0.396 e. The first-order valence-electron chi connectivity index (χ1n) is 6.27. The van der Waals surface area contributed by atoms with E-state index in [1.54, 1.807) is 29.4 Å². The highest BCUT2D eigenvalue weighted by molar-refractivity contribution is 8.00. The molecule has 19 heavy (non-hydrogen) atoms. The van der Waals surface area contributed by atoms with Gasteiger partial charge in [-0.1, -0.05) is 11.8 Å². The normalized spacial score (nSPS) is 16.7. The summed E-state index contributed by atoms with van der Waals surface area (Å²) in [5.41, 5.74) is 1.04. The zero-order valence-corrected chi connectivity index (χ0v) is 12.4. The molecule has 2 aromatic heterocycles. The van der Waals surface area contributed by atoms with Gasteiger partial charge in [-0.15, -0.1) is 11.3 Å². The van der Waals surface area contributed by atoms with Gasteiger partial charge in [-0.25, -0.2) is 15.0 Å². The average Bonchev–Trinajstić information content (AvgIpc) is 3.04. The van der Waals surface area contributed by atoms with Crippen LogP contribution in [-0.4, -0.2) is 39.5 Å². The predicted octanol–water partition coefficient (Wildman–Crippen LogP) is 2.38. The molecule has 5 nitrogen and oxygen atoms in total. The Morgan fingerprint density at radius 3 is 3.00 bits per heavy atom. The quantitative estimate of drug-likeness (QED) is 0.798. The van der Waals surface area contributed by atoms with Gasteiger partial charge in [0.1, 0.15) is 16.8 Å². The van der Waals surface area contributed by atoms with Gasteiger partial charge in [0.15, 0.2) is 9.99 Å². The highest BCUT2D eigenvalue weighted by atomic mass is 32.2. The molecular formula is C12H16N4OS2. The van der Waals surface area contributed by atoms with Crippen molar-refractivity contribution in [1.29, 1.82) is 0 Å². The summed E-state index contributed by atoms with van der Waals surface area (Å²) in [6, 6.07) is 0. The van der Waals surface area contributed by atoms with Crippen LogP contribution in [0.2, 0.25) is 0 Å². The number of aliphatic hydroxyl groups is 1. The molecule has 0 amide bonds. The van der Waals surface area contributed by atoms with Gasteiger partial charge in [0.25, 0.3) is 0 Å². The minimum atomic E-state index is 0.262. The van der Waals surface area contributed by atoms with Gasteiger partial charge < -0.3 is 10.4 Å². The molecule has 2 aromatic rings. The van der Waals surface area contributed by atoms with Gasteiger partial charge in [-0.2, -0.15) is 0 Å². The van der Waals surface area contributed by atoms with Crippen molar-refractivity contribution in [3.8, 4) is 0 Å². The summed E-state index contributed by atoms with van der Waals surface area (Å²) >= 11 is 3.25. The molecule has 1 saturated carbocycles. The topological polar surface area (TPSA) is 70.9 Å². The second-order valence-corrected chi connectivity index (χ2v) is 6.94. The minimum absolute atomic E-state index is 0.262. The lowest BCUT2D eigenvalue weighted by molar-refractivity contribution is 0.253. The molecule has 3 rings (SSSR count). The van der Waals surface area contributed by atoms with E-state index in [0.29, 0.717) is 0 Å². The number of hydrogen-bond acceptors (Lipinski definition) is 7.